The molecule has 0 aliphatic carbocycles. The second kappa shape index (κ2) is 16.3. The van der Waals surface area contributed by atoms with Crippen LogP contribution in [0.15, 0.2) is 0 Å². The van der Waals surface area contributed by atoms with Gasteiger partial charge in [0.1, 0.15) is 0 Å². The van der Waals surface area contributed by atoms with Crippen LogP contribution in [-0.4, -0.2) is 79.0 Å². The van der Waals surface area contributed by atoms with E-state index in [0.717, 1.165) is 0 Å². The number of rotatable bonds is 0. The molecule has 0 amide bonds. The van der Waals surface area contributed by atoms with Crippen LogP contribution in [0.25, 0.3) is 0 Å². The Hall–Kier alpha value is 3.28. The molecule has 0 bridgehead atoms. The molecule has 0 saturated heterocycles. The number of hydrogen-bond donors (Lipinski definition) is 0. The van der Waals surface area contributed by atoms with Crippen molar-refractivity contribution < 1.29 is 21.1 Å². The summed E-state index contributed by atoms with van der Waals surface area (Å²) in [4.78, 5) is 0. The summed E-state index contributed by atoms with van der Waals surface area (Å²) in [6.45, 7) is 0. The Morgan fingerprint density at radius 1 is 1.00 bits per heavy atom. The first-order valence-corrected chi connectivity index (χ1v) is 0. The van der Waals surface area contributed by atoms with E-state index in [2.05, 4.69) is 0 Å². The Labute approximate surface area is 97.8 Å². The summed E-state index contributed by atoms with van der Waals surface area (Å²) in [7, 11) is 0. The van der Waals surface area contributed by atoms with E-state index in [-0.39, 0.29) is 100 Å². The predicted molar refractivity (Wildman–Crippen MR) is 27.0 cm³/mol. The molecule has 0 atom stereocenters. The molecule has 4 heavy (non-hydrogen) atoms. The van der Waals surface area contributed by atoms with Gasteiger partial charge in [0.25, 0.3) is 0 Å². The van der Waals surface area contributed by atoms with Gasteiger partial charge in [-0.2, -0.15) is 0 Å². The SMILES string of the molecule is [AlH3].[CaH2].[Mo].[SnH2]. The third kappa shape index (κ3) is 8.99. The molecule has 0 spiro atoms. The molecule has 0 aromatic rings. The van der Waals surface area contributed by atoms with Crippen molar-refractivity contribution in [1.82, 2.24) is 0 Å². The van der Waals surface area contributed by atoms with Crippen LogP contribution in [0.3, 0.4) is 0 Å². The third-order valence-corrected chi connectivity index (χ3v) is 0. The second-order valence-corrected chi connectivity index (χ2v) is 0. The zero-order valence-electron chi connectivity index (χ0n) is 1.12. The van der Waals surface area contributed by atoms with Crippen LogP contribution in [0.5, 0.6) is 0 Å². The van der Waals surface area contributed by atoms with Gasteiger partial charge in [-0.25, -0.2) is 0 Å². The first-order chi connectivity index (χ1) is 0. The van der Waals surface area contributed by atoms with Crippen LogP contribution in [0, 0.1) is 0 Å². The van der Waals surface area contributed by atoms with E-state index in [4.69, 9.17) is 0 Å². The van der Waals surface area contributed by atoms with E-state index in [9.17, 15) is 0 Å². The fraction of sp³-hybridized carbons (Fsp3) is 0. The Kier molecular flexibility index (Phi) is 109. The molecule has 0 rings (SSSR count). The van der Waals surface area contributed by atoms with Crippen LogP contribution in [0.4, 0.5) is 0 Å². The van der Waals surface area contributed by atoms with Gasteiger partial charge in [-0.15, -0.1) is 0 Å². The summed E-state index contributed by atoms with van der Waals surface area (Å²) in [5, 5.41) is 0. The molecule has 0 aliphatic rings. The zero-order chi connectivity index (χ0) is 0. The van der Waals surface area contributed by atoms with E-state index in [1.54, 1.807) is 0 Å². The quantitative estimate of drug-likeness (QED) is 0.417. The average Bonchev–Trinajstić information content (AvgIpc) is 0. The molecule has 0 unspecified atom stereocenters. The van der Waals surface area contributed by atoms with Crippen molar-refractivity contribution in [3.8, 4) is 0 Å². The van der Waals surface area contributed by atoms with Crippen LogP contribution >= 0.6 is 0 Å². The van der Waals surface area contributed by atoms with Crippen LogP contribution < -0.4 is 0 Å². The summed E-state index contributed by atoms with van der Waals surface area (Å²) in [6.07, 6.45) is 0. The standard InChI is InChI=1S/Al.Ca.Mo.Sn.7H. The molecule has 0 aromatic carbocycles. The van der Waals surface area contributed by atoms with Gasteiger partial charge in [-0.1, -0.05) is 0 Å². The molecule has 4 heteroatoms. The van der Waals surface area contributed by atoms with E-state index >= 15 is 0 Å². The molecular weight excluding hydrogens is 282 g/mol. The normalized spacial score (nSPS) is 0. The first kappa shape index (κ1) is 26.7. The van der Waals surface area contributed by atoms with Crippen molar-refractivity contribution in [3.63, 3.8) is 0 Å². The van der Waals surface area contributed by atoms with Crippen molar-refractivity contribution in [2.45, 2.75) is 0 Å². The van der Waals surface area contributed by atoms with Gasteiger partial charge in [0, 0.05) is 21.1 Å². The molecule has 0 heterocycles. The van der Waals surface area contributed by atoms with Crippen molar-refractivity contribution >= 4 is 79.0 Å². The van der Waals surface area contributed by atoms with E-state index < -0.39 is 0 Å². The van der Waals surface area contributed by atoms with Crippen LogP contribution in [-0.2, 0) is 21.1 Å². The Bertz CT molecular complexity index is 8.00. The molecule has 0 N–H and O–H groups in total. The molecule has 0 aromatic heterocycles. The summed E-state index contributed by atoms with van der Waals surface area (Å²) in [5.74, 6) is 0. The monoisotopic (exact) mass is 292 g/mol. The van der Waals surface area contributed by atoms with E-state index in [1.807, 2.05) is 0 Å². The van der Waals surface area contributed by atoms with Gasteiger partial charge in [0.15, 0.2) is 17.4 Å². The minimum absolute atomic E-state index is 0. The van der Waals surface area contributed by atoms with Gasteiger partial charge in [-0.05, 0) is 0 Å². The zero-order valence-corrected chi connectivity index (χ0v) is 7.16. The fourth-order valence-corrected chi connectivity index (χ4v) is 0. The summed E-state index contributed by atoms with van der Waals surface area (Å²) in [6, 6.07) is 0. The molecule has 0 aliphatic heterocycles. The minimum atomic E-state index is 0. The summed E-state index contributed by atoms with van der Waals surface area (Å²) >= 11 is 0. The Balaban J connectivity index is 0. The topological polar surface area (TPSA) is 0 Å². The summed E-state index contributed by atoms with van der Waals surface area (Å²) in [5.41, 5.74) is 0. The number of hydrogen-bond acceptors (Lipinski definition) is 0. The Morgan fingerprint density at radius 2 is 1.00 bits per heavy atom. The van der Waals surface area contributed by atoms with E-state index in [0.29, 0.717) is 0 Å². The van der Waals surface area contributed by atoms with Gasteiger partial charge < -0.3 is 0 Å². The molecule has 0 fully saturated rings. The molecule has 0 nitrogen and oxygen atoms in total. The van der Waals surface area contributed by atoms with Crippen molar-refractivity contribution in [1.29, 1.82) is 0 Å². The molecular formula is H7AlCaMoSn. The van der Waals surface area contributed by atoms with Gasteiger partial charge in [0.2, 0.25) is 0 Å². The van der Waals surface area contributed by atoms with Gasteiger partial charge >= 0.3 is 61.6 Å². The van der Waals surface area contributed by atoms with Crippen LogP contribution in [0.1, 0.15) is 0 Å². The third-order valence-electron chi connectivity index (χ3n) is 0. The Morgan fingerprint density at radius 3 is 1.00 bits per heavy atom. The maximum atomic E-state index is 0. The first-order valence-electron chi connectivity index (χ1n) is 0. The van der Waals surface area contributed by atoms with Crippen molar-refractivity contribution in [3.05, 3.63) is 0 Å². The fourth-order valence-electron chi connectivity index (χ4n) is 0. The maximum absolute atomic E-state index is 0. The molecule has 22 valence electrons. The van der Waals surface area contributed by atoms with Crippen molar-refractivity contribution in [2.75, 3.05) is 0 Å². The molecule has 0 saturated carbocycles. The van der Waals surface area contributed by atoms with Gasteiger partial charge in [-0.3, -0.25) is 0 Å². The van der Waals surface area contributed by atoms with Gasteiger partial charge in [0.05, 0.1) is 0 Å². The predicted octanol–water partition coefficient (Wildman–Crippen LogP) is -3.02. The molecule has 2 radical (unpaired) electrons. The summed E-state index contributed by atoms with van der Waals surface area (Å²) < 4.78 is 0. The average molecular weight is 289 g/mol. The second-order valence-electron chi connectivity index (χ2n) is 0. The van der Waals surface area contributed by atoms with E-state index in [1.165, 1.54) is 0 Å². The van der Waals surface area contributed by atoms with Crippen LogP contribution in [0.2, 0.25) is 0 Å². The van der Waals surface area contributed by atoms with Crippen molar-refractivity contribution in [2.24, 2.45) is 0 Å².